The van der Waals surface area contributed by atoms with Crippen LogP contribution < -0.4 is 11.3 Å². The predicted molar refractivity (Wildman–Crippen MR) is 79.8 cm³/mol. The van der Waals surface area contributed by atoms with E-state index in [0.29, 0.717) is 0 Å². The second-order valence-electron chi connectivity index (χ2n) is 4.93. The molecule has 1 unspecified atom stereocenters. The van der Waals surface area contributed by atoms with E-state index in [9.17, 15) is 4.39 Å². The molecule has 3 rings (SSSR count). The van der Waals surface area contributed by atoms with Gasteiger partial charge >= 0.3 is 0 Å². The minimum Gasteiger partial charge on any atom is -0.271 e. The molecule has 0 fully saturated rings. The maximum Gasteiger partial charge on any atom is 0.123 e. The van der Waals surface area contributed by atoms with E-state index in [2.05, 4.69) is 15.4 Å². The molecule has 1 aromatic heterocycles. The van der Waals surface area contributed by atoms with Crippen molar-refractivity contribution in [3.8, 4) is 0 Å². The second kappa shape index (κ2) is 5.55. The van der Waals surface area contributed by atoms with Gasteiger partial charge in [0.15, 0.2) is 0 Å². The molecular weight excluding hydrogens is 267 g/mol. The zero-order valence-electron chi connectivity index (χ0n) is 11.5. The quantitative estimate of drug-likeness (QED) is 0.572. The molecule has 4 nitrogen and oxygen atoms in total. The Morgan fingerprint density at radius 1 is 1.14 bits per heavy atom. The maximum atomic E-state index is 13.7. The van der Waals surface area contributed by atoms with Gasteiger partial charge in [0.25, 0.3) is 0 Å². The number of para-hydroxylation sites is 1. The van der Waals surface area contributed by atoms with Crippen molar-refractivity contribution in [3.63, 3.8) is 0 Å². The first kappa shape index (κ1) is 13.6. The zero-order valence-corrected chi connectivity index (χ0v) is 11.5. The van der Waals surface area contributed by atoms with Crippen LogP contribution in [0.2, 0.25) is 0 Å². The summed E-state index contributed by atoms with van der Waals surface area (Å²) in [6.07, 6.45) is 3.28. The second-order valence-corrected chi connectivity index (χ2v) is 4.93. The van der Waals surface area contributed by atoms with E-state index < -0.39 is 0 Å². The Morgan fingerprint density at radius 3 is 2.71 bits per heavy atom. The van der Waals surface area contributed by atoms with Crippen LogP contribution in [0.25, 0.3) is 11.0 Å². The van der Waals surface area contributed by atoms with Crippen molar-refractivity contribution >= 4 is 11.0 Å². The predicted octanol–water partition coefficient (Wildman–Crippen LogP) is 2.63. The number of fused-ring (bicyclic) bond motifs is 1. The Labute approximate surface area is 121 Å². The zero-order chi connectivity index (χ0) is 14.8. The maximum absolute atomic E-state index is 13.7. The number of hydrogen-bond acceptors (Lipinski definition) is 4. The van der Waals surface area contributed by atoms with E-state index in [4.69, 9.17) is 5.84 Å². The smallest absolute Gasteiger partial charge is 0.123 e. The van der Waals surface area contributed by atoms with E-state index in [1.54, 1.807) is 12.4 Å². The highest BCUT2D eigenvalue weighted by Gasteiger charge is 2.17. The summed E-state index contributed by atoms with van der Waals surface area (Å²) < 4.78 is 13.7. The van der Waals surface area contributed by atoms with Gasteiger partial charge in [-0.1, -0.05) is 18.2 Å². The molecule has 0 aliphatic heterocycles. The van der Waals surface area contributed by atoms with Gasteiger partial charge < -0.3 is 0 Å². The van der Waals surface area contributed by atoms with Gasteiger partial charge in [-0.05, 0) is 36.2 Å². The average Bonchev–Trinajstić information content (AvgIpc) is 2.47. The van der Waals surface area contributed by atoms with Crippen LogP contribution in [0.1, 0.15) is 22.7 Å². The third-order valence-corrected chi connectivity index (χ3v) is 3.41. The van der Waals surface area contributed by atoms with Crippen LogP contribution in [-0.4, -0.2) is 9.97 Å². The topological polar surface area (TPSA) is 63.8 Å². The van der Waals surface area contributed by atoms with E-state index in [1.807, 2.05) is 31.2 Å². The summed E-state index contributed by atoms with van der Waals surface area (Å²) in [7, 11) is 0. The first-order chi connectivity index (χ1) is 10.2. The van der Waals surface area contributed by atoms with Crippen molar-refractivity contribution in [1.29, 1.82) is 0 Å². The van der Waals surface area contributed by atoms with Crippen LogP contribution in [0.3, 0.4) is 0 Å². The van der Waals surface area contributed by atoms with Crippen molar-refractivity contribution in [2.45, 2.75) is 13.0 Å². The summed E-state index contributed by atoms with van der Waals surface area (Å²) >= 11 is 0. The van der Waals surface area contributed by atoms with Crippen LogP contribution in [0, 0.1) is 12.7 Å². The number of nitrogens with zero attached hydrogens (tertiary/aromatic N) is 2. The molecule has 0 amide bonds. The summed E-state index contributed by atoms with van der Waals surface area (Å²) in [6.45, 7) is 1.85. The van der Waals surface area contributed by atoms with Crippen molar-refractivity contribution in [3.05, 3.63) is 71.3 Å². The number of halogens is 1. The van der Waals surface area contributed by atoms with Gasteiger partial charge in [0.05, 0.1) is 17.1 Å². The molecule has 0 bridgehead atoms. The summed E-state index contributed by atoms with van der Waals surface area (Å²) in [5, 5.41) is 0. The molecule has 0 spiro atoms. The van der Waals surface area contributed by atoms with Crippen molar-refractivity contribution in [2.75, 3.05) is 0 Å². The molecule has 0 aliphatic rings. The number of rotatable bonds is 3. The van der Waals surface area contributed by atoms with Gasteiger partial charge in [-0.3, -0.25) is 15.8 Å². The van der Waals surface area contributed by atoms with E-state index in [0.717, 1.165) is 27.7 Å². The lowest BCUT2D eigenvalue weighted by molar-refractivity contribution is 0.605. The number of benzene rings is 2. The van der Waals surface area contributed by atoms with Gasteiger partial charge in [-0.2, -0.15) is 0 Å². The first-order valence-corrected chi connectivity index (χ1v) is 6.62. The van der Waals surface area contributed by atoms with E-state index in [-0.39, 0.29) is 11.9 Å². The fourth-order valence-electron chi connectivity index (χ4n) is 2.54. The Balaban J connectivity index is 2.18. The summed E-state index contributed by atoms with van der Waals surface area (Å²) in [6, 6.07) is 10.2. The molecule has 3 aromatic rings. The van der Waals surface area contributed by atoms with E-state index >= 15 is 0 Å². The largest absolute Gasteiger partial charge is 0.271 e. The molecule has 1 heterocycles. The third kappa shape index (κ3) is 2.61. The van der Waals surface area contributed by atoms with Gasteiger partial charge in [0.1, 0.15) is 5.82 Å². The fourth-order valence-corrected chi connectivity index (χ4v) is 2.54. The van der Waals surface area contributed by atoms with E-state index in [1.165, 1.54) is 12.1 Å². The Bertz CT molecular complexity index is 763. The van der Waals surface area contributed by atoms with Crippen LogP contribution in [-0.2, 0) is 0 Å². The highest BCUT2D eigenvalue weighted by molar-refractivity contribution is 5.78. The van der Waals surface area contributed by atoms with Gasteiger partial charge in [-0.25, -0.2) is 9.82 Å². The normalized spacial score (nSPS) is 12.5. The van der Waals surface area contributed by atoms with Crippen LogP contribution in [0.4, 0.5) is 4.39 Å². The fraction of sp³-hybridized carbons (Fsp3) is 0.125. The molecule has 0 saturated carbocycles. The summed E-state index contributed by atoms with van der Waals surface area (Å²) in [4.78, 5) is 8.65. The number of hydrazine groups is 1. The standard InChI is InChI=1S/C16H15FN4/c1-10-7-11(9-12(17)8-10)15(21-18)13-3-2-4-14-16(13)20-6-5-19-14/h2-9,15,21H,18H2,1H3. The molecule has 2 aromatic carbocycles. The Kier molecular flexibility index (Phi) is 3.60. The number of nitrogens with two attached hydrogens (primary N) is 1. The van der Waals surface area contributed by atoms with Crippen molar-refractivity contribution in [1.82, 2.24) is 15.4 Å². The van der Waals surface area contributed by atoms with Crippen molar-refractivity contribution in [2.24, 2.45) is 5.84 Å². The monoisotopic (exact) mass is 282 g/mol. The Morgan fingerprint density at radius 2 is 1.95 bits per heavy atom. The van der Waals surface area contributed by atoms with Crippen LogP contribution in [0.15, 0.2) is 48.8 Å². The highest BCUT2D eigenvalue weighted by atomic mass is 19.1. The summed E-state index contributed by atoms with van der Waals surface area (Å²) in [5.74, 6) is 5.43. The lowest BCUT2D eigenvalue weighted by Gasteiger charge is -2.18. The number of aromatic nitrogens is 2. The molecule has 1 atom stereocenters. The molecule has 3 N–H and O–H groups in total. The summed E-state index contributed by atoms with van der Waals surface area (Å²) in [5.41, 5.74) is 6.75. The third-order valence-electron chi connectivity index (χ3n) is 3.41. The van der Waals surface area contributed by atoms with Gasteiger partial charge in [0, 0.05) is 18.0 Å². The lowest BCUT2D eigenvalue weighted by atomic mass is 9.96. The van der Waals surface area contributed by atoms with Gasteiger partial charge in [0.2, 0.25) is 0 Å². The number of aryl methyl sites for hydroxylation is 1. The SMILES string of the molecule is Cc1cc(F)cc(C(NN)c2cccc3nccnc23)c1. The molecule has 5 heteroatoms. The minimum atomic E-state index is -0.347. The van der Waals surface area contributed by atoms with Crippen LogP contribution in [0.5, 0.6) is 0 Å². The molecule has 21 heavy (non-hydrogen) atoms. The van der Waals surface area contributed by atoms with Crippen molar-refractivity contribution < 1.29 is 4.39 Å². The molecule has 0 aliphatic carbocycles. The molecular formula is C16H15FN4. The van der Waals surface area contributed by atoms with Gasteiger partial charge in [-0.15, -0.1) is 0 Å². The molecule has 106 valence electrons. The average molecular weight is 282 g/mol. The molecule has 0 radical (unpaired) electrons. The molecule has 0 saturated heterocycles. The Hall–Kier alpha value is -2.37. The number of nitrogens with one attached hydrogen (secondary N) is 1. The minimum absolute atomic E-state index is 0.281. The highest BCUT2D eigenvalue weighted by Crippen LogP contribution is 2.27. The number of hydrogen-bond donors (Lipinski definition) is 2. The first-order valence-electron chi connectivity index (χ1n) is 6.62. The van der Waals surface area contributed by atoms with Crippen LogP contribution >= 0.6 is 0 Å². The lowest BCUT2D eigenvalue weighted by Crippen LogP contribution is -2.29.